The van der Waals surface area contributed by atoms with Crippen molar-refractivity contribution in [1.29, 1.82) is 0 Å². The van der Waals surface area contributed by atoms with E-state index in [0.717, 1.165) is 5.69 Å². The normalized spacial score (nSPS) is 10.6. The molecule has 0 saturated carbocycles. The van der Waals surface area contributed by atoms with Gasteiger partial charge in [-0.25, -0.2) is 0 Å². The molecular weight excluding hydrogens is 282 g/mol. The highest BCUT2D eigenvalue weighted by Crippen LogP contribution is 2.12. The molecule has 0 atom stereocenters. The van der Waals surface area contributed by atoms with Crippen LogP contribution in [0.4, 0.5) is 5.69 Å². The lowest BCUT2D eigenvalue weighted by Crippen LogP contribution is -2.07. The monoisotopic (exact) mass is 299 g/mol. The second-order valence-corrected chi connectivity index (χ2v) is 4.57. The number of nitrogens with one attached hydrogen (secondary N) is 1. The molecule has 0 aliphatic heterocycles. The largest absolute Gasteiger partial charge is 0.469 e. The number of amides is 1. The maximum absolute atomic E-state index is 11.7. The van der Waals surface area contributed by atoms with Gasteiger partial charge in [0.25, 0.3) is 0 Å². The number of hydrogen-bond acceptors (Lipinski definition) is 4. The van der Waals surface area contributed by atoms with Crippen LogP contribution in [0.3, 0.4) is 0 Å². The number of ether oxygens (including phenoxy) is 1. The molecule has 5 heteroatoms. The molecule has 0 saturated heterocycles. The fourth-order valence-electron chi connectivity index (χ4n) is 1.81. The molecule has 0 spiro atoms. The summed E-state index contributed by atoms with van der Waals surface area (Å²) >= 11 is 0. The van der Waals surface area contributed by atoms with Crippen LogP contribution >= 0.6 is 0 Å². The number of anilines is 1. The fourth-order valence-corrected chi connectivity index (χ4v) is 1.81. The molecule has 1 aromatic carbocycles. The molecule has 1 heterocycles. The summed E-state index contributed by atoms with van der Waals surface area (Å²) in [6, 6.07) is 12.7. The molecule has 0 fully saturated rings. The van der Waals surface area contributed by atoms with Gasteiger partial charge in [0, 0.05) is 18.2 Å². The molecule has 5 nitrogen and oxygen atoms in total. The van der Waals surface area contributed by atoms with Gasteiger partial charge in [-0.2, -0.15) is 0 Å². The van der Waals surface area contributed by atoms with Crippen LogP contribution < -0.4 is 5.32 Å². The van der Waals surface area contributed by atoms with Gasteiger partial charge in [0.15, 0.2) is 0 Å². The van der Waals surface area contributed by atoms with Crippen LogP contribution in [0.5, 0.6) is 0 Å². The first-order chi connectivity index (χ1) is 10.7. The summed E-state index contributed by atoms with van der Waals surface area (Å²) in [5, 5.41) is 2.74. The lowest BCUT2D eigenvalue weighted by molar-refractivity contribution is -0.140. The molecule has 0 unspecified atom stereocenters. The predicted molar refractivity (Wildman–Crippen MR) is 83.2 cm³/mol. The van der Waals surface area contributed by atoms with Crippen LogP contribution in [0.1, 0.15) is 17.9 Å². The van der Waals surface area contributed by atoms with Gasteiger partial charge in [-0.15, -0.1) is 0 Å². The van der Waals surface area contributed by atoms with Crippen molar-refractivity contribution in [2.75, 3.05) is 12.4 Å². The first kappa shape index (κ1) is 15.6. The van der Waals surface area contributed by atoms with Gasteiger partial charge in [0.2, 0.25) is 5.91 Å². The number of carbonyl (C=O) groups excluding carboxylic acids is 2. The Hall–Kier alpha value is -2.82. The first-order valence-corrected chi connectivity index (χ1v) is 6.87. The lowest BCUT2D eigenvalue weighted by Gasteiger charge is -2.00. The van der Waals surface area contributed by atoms with E-state index in [4.69, 9.17) is 4.42 Å². The van der Waals surface area contributed by atoms with E-state index in [2.05, 4.69) is 10.1 Å². The Morgan fingerprint density at radius 3 is 2.68 bits per heavy atom. The van der Waals surface area contributed by atoms with E-state index in [1.54, 1.807) is 18.2 Å². The zero-order valence-electron chi connectivity index (χ0n) is 12.2. The highest BCUT2D eigenvalue weighted by Gasteiger charge is 2.05. The Labute approximate surface area is 128 Å². The van der Waals surface area contributed by atoms with Crippen LogP contribution in [-0.4, -0.2) is 19.0 Å². The summed E-state index contributed by atoms with van der Waals surface area (Å²) in [5.41, 5.74) is 0.732. The van der Waals surface area contributed by atoms with Crippen LogP contribution in [0.25, 0.3) is 6.08 Å². The van der Waals surface area contributed by atoms with Gasteiger partial charge in [-0.3, -0.25) is 9.59 Å². The molecule has 0 aliphatic rings. The molecule has 0 aliphatic carbocycles. The Kier molecular flexibility index (Phi) is 5.54. The molecule has 0 bridgehead atoms. The zero-order chi connectivity index (χ0) is 15.8. The average molecular weight is 299 g/mol. The molecule has 2 aromatic rings. The molecule has 114 valence electrons. The number of hydrogen-bond donors (Lipinski definition) is 1. The highest BCUT2D eigenvalue weighted by atomic mass is 16.5. The Morgan fingerprint density at radius 1 is 1.18 bits per heavy atom. The van der Waals surface area contributed by atoms with E-state index < -0.39 is 0 Å². The number of furan rings is 1. The van der Waals surface area contributed by atoms with E-state index in [9.17, 15) is 9.59 Å². The van der Waals surface area contributed by atoms with Crippen molar-refractivity contribution < 1.29 is 18.7 Å². The minimum atomic E-state index is -0.282. The number of carbonyl (C=O) groups is 2. The minimum Gasteiger partial charge on any atom is -0.469 e. The van der Waals surface area contributed by atoms with Gasteiger partial charge in [0.1, 0.15) is 11.5 Å². The van der Waals surface area contributed by atoms with Gasteiger partial charge in [0.05, 0.1) is 13.5 Å². The van der Waals surface area contributed by atoms with Crippen molar-refractivity contribution in [3.05, 3.63) is 60.1 Å². The van der Waals surface area contributed by atoms with Crippen LogP contribution in [0.2, 0.25) is 0 Å². The average Bonchev–Trinajstić information content (AvgIpc) is 2.99. The molecule has 1 amide bonds. The number of aryl methyl sites for hydroxylation is 1. The SMILES string of the molecule is COC(=O)CCc1ccc(C=CC(=O)Nc2ccccc2)o1. The molecular formula is C17H17NO4. The third-order valence-electron chi connectivity index (χ3n) is 2.93. The van der Waals surface area contributed by atoms with Crippen molar-refractivity contribution in [2.24, 2.45) is 0 Å². The van der Waals surface area contributed by atoms with Gasteiger partial charge in [-0.1, -0.05) is 18.2 Å². The molecule has 2 rings (SSSR count). The number of rotatable bonds is 6. The van der Waals surface area contributed by atoms with Crippen molar-refractivity contribution in [3.63, 3.8) is 0 Å². The number of methoxy groups -OCH3 is 1. The molecule has 22 heavy (non-hydrogen) atoms. The van der Waals surface area contributed by atoms with E-state index in [-0.39, 0.29) is 18.3 Å². The third kappa shape index (κ3) is 4.94. The number of para-hydroxylation sites is 1. The molecule has 1 aromatic heterocycles. The maximum Gasteiger partial charge on any atom is 0.305 e. The summed E-state index contributed by atoms with van der Waals surface area (Å²) in [4.78, 5) is 22.8. The summed E-state index contributed by atoms with van der Waals surface area (Å²) in [6.45, 7) is 0. The fraction of sp³-hybridized carbons (Fsp3) is 0.176. The van der Waals surface area contributed by atoms with Crippen molar-refractivity contribution in [2.45, 2.75) is 12.8 Å². The predicted octanol–water partition coefficient (Wildman–Crippen LogP) is 3.04. The minimum absolute atomic E-state index is 0.237. The van der Waals surface area contributed by atoms with Crippen LogP contribution in [0.15, 0.2) is 53.0 Å². The quantitative estimate of drug-likeness (QED) is 0.657. The maximum atomic E-state index is 11.7. The zero-order valence-corrected chi connectivity index (χ0v) is 12.2. The van der Waals surface area contributed by atoms with Crippen molar-refractivity contribution in [1.82, 2.24) is 0 Å². The van der Waals surface area contributed by atoms with Crippen molar-refractivity contribution >= 4 is 23.6 Å². The second kappa shape index (κ2) is 7.83. The molecule has 0 radical (unpaired) electrons. The first-order valence-electron chi connectivity index (χ1n) is 6.87. The Balaban J connectivity index is 1.86. The summed E-state index contributed by atoms with van der Waals surface area (Å²) in [5.74, 6) is 0.714. The summed E-state index contributed by atoms with van der Waals surface area (Å²) < 4.78 is 10.1. The van der Waals surface area contributed by atoms with Gasteiger partial charge >= 0.3 is 5.97 Å². The van der Waals surface area contributed by atoms with Gasteiger partial charge in [-0.05, 0) is 30.3 Å². The Bertz CT molecular complexity index is 658. The standard InChI is InChI=1S/C17H17NO4/c1-21-17(20)12-10-15-8-7-14(22-15)9-11-16(19)18-13-5-3-2-4-6-13/h2-9,11H,10,12H2,1H3,(H,18,19). The summed E-state index contributed by atoms with van der Waals surface area (Å²) in [6.07, 6.45) is 3.72. The van der Waals surface area contributed by atoms with Crippen LogP contribution in [0, 0.1) is 0 Å². The topological polar surface area (TPSA) is 68.5 Å². The van der Waals surface area contributed by atoms with E-state index in [0.29, 0.717) is 17.9 Å². The lowest BCUT2D eigenvalue weighted by atomic mass is 10.2. The smallest absolute Gasteiger partial charge is 0.305 e. The third-order valence-corrected chi connectivity index (χ3v) is 2.93. The summed E-state index contributed by atoms with van der Waals surface area (Å²) in [7, 11) is 1.35. The number of benzene rings is 1. The van der Waals surface area contributed by atoms with E-state index in [1.165, 1.54) is 13.2 Å². The Morgan fingerprint density at radius 2 is 1.95 bits per heavy atom. The highest BCUT2D eigenvalue weighted by molar-refractivity contribution is 6.01. The van der Waals surface area contributed by atoms with Gasteiger partial charge < -0.3 is 14.5 Å². The molecule has 1 N–H and O–H groups in total. The van der Waals surface area contributed by atoms with E-state index in [1.807, 2.05) is 30.3 Å². The van der Waals surface area contributed by atoms with E-state index >= 15 is 0 Å². The van der Waals surface area contributed by atoms with Crippen LogP contribution in [-0.2, 0) is 20.7 Å². The number of esters is 1. The second-order valence-electron chi connectivity index (χ2n) is 4.57. The van der Waals surface area contributed by atoms with Crippen molar-refractivity contribution in [3.8, 4) is 0 Å².